The fraction of sp³-hybridized carbons (Fsp3) is 0.500. The zero-order valence-corrected chi connectivity index (χ0v) is 11.1. The van der Waals surface area contributed by atoms with Crippen LogP contribution >= 0.6 is 0 Å². The van der Waals surface area contributed by atoms with Gasteiger partial charge in [-0.1, -0.05) is 0 Å². The maximum absolute atomic E-state index is 5.68. The number of nitrogens with one attached hydrogen (secondary N) is 1. The van der Waals surface area contributed by atoms with Crippen LogP contribution in [-0.2, 0) is 4.74 Å². The summed E-state index contributed by atoms with van der Waals surface area (Å²) in [4.78, 5) is 16.3. The summed E-state index contributed by atoms with van der Waals surface area (Å²) in [6, 6.07) is 0. The van der Waals surface area contributed by atoms with Gasteiger partial charge in [-0.15, -0.1) is 0 Å². The Hall–Kier alpha value is -2.22. The predicted molar refractivity (Wildman–Crippen MR) is 73.4 cm³/mol. The van der Waals surface area contributed by atoms with Crippen molar-refractivity contribution in [1.82, 2.24) is 24.5 Å². The van der Waals surface area contributed by atoms with Crippen molar-refractivity contribution in [3.8, 4) is 5.95 Å². The molecule has 2 heterocycles. The van der Waals surface area contributed by atoms with Crippen LogP contribution < -0.4 is 11.1 Å². The number of rotatable bonds is 7. The molecule has 20 heavy (non-hydrogen) atoms. The van der Waals surface area contributed by atoms with Crippen LogP contribution in [0.2, 0.25) is 0 Å². The lowest BCUT2D eigenvalue weighted by Gasteiger charge is -2.07. The first-order valence-electron chi connectivity index (χ1n) is 6.63. The van der Waals surface area contributed by atoms with Gasteiger partial charge in [0, 0.05) is 25.5 Å². The van der Waals surface area contributed by atoms with Gasteiger partial charge in [-0.05, 0) is 18.8 Å². The van der Waals surface area contributed by atoms with E-state index in [1.54, 1.807) is 23.3 Å². The van der Waals surface area contributed by atoms with E-state index in [2.05, 4.69) is 25.3 Å². The van der Waals surface area contributed by atoms with Gasteiger partial charge in [-0.3, -0.25) is 4.57 Å². The van der Waals surface area contributed by atoms with E-state index in [1.165, 1.54) is 12.8 Å². The molecule has 0 amide bonds. The lowest BCUT2D eigenvalue weighted by atomic mass is 10.5. The van der Waals surface area contributed by atoms with Crippen molar-refractivity contribution in [2.24, 2.45) is 5.92 Å². The van der Waals surface area contributed by atoms with Gasteiger partial charge in [0.25, 0.3) is 0 Å². The topological polar surface area (TPSA) is 104 Å². The van der Waals surface area contributed by atoms with Crippen molar-refractivity contribution >= 4 is 11.9 Å². The molecule has 0 unspecified atom stereocenters. The molecule has 106 valence electrons. The summed E-state index contributed by atoms with van der Waals surface area (Å²) < 4.78 is 7.21. The van der Waals surface area contributed by atoms with Crippen LogP contribution in [0, 0.1) is 5.92 Å². The molecule has 3 N–H and O–H groups in total. The Morgan fingerprint density at radius 2 is 2.25 bits per heavy atom. The summed E-state index contributed by atoms with van der Waals surface area (Å²) in [7, 11) is 0. The number of hydrogen-bond donors (Lipinski definition) is 2. The number of ether oxygens (including phenoxy) is 1. The fourth-order valence-corrected chi connectivity index (χ4v) is 1.72. The van der Waals surface area contributed by atoms with Crippen LogP contribution in [0.4, 0.5) is 11.9 Å². The highest BCUT2D eigenvalue weighted by atomic mass is 16.5. The number of nitrogens with two attached hydrogens (primary N) is 1. The zero-order valence-electron chi connectivity index (χ0n) is 11.1. The van der Waals surface area contributed by atoms with E-state index in [0.29, 0.717) is 25.0 Å². The molecule has 1 aliphatic rings. The third-order valence-electron chi connectivity index (χ3n) is 2.96. The molecule has 0 radical (unpaired) electrons. The maximum Gasteiger partial charge on any atom is 0.241 e. The van der Waals surface area contributed by atoms with Gasteiger partial charge in [0.05, 0.1) is 6.61 Å². The lowest BCUT2D eigenvalue weighted by Crippen LogP contribution is -2.15. The Balaban J connectivity index is 1.55. The molecule has 2 aromatic heterocycles. The molecule has 3 rings (SSSR count). The maximum atomic E-state index is 5.68. The molecule has 1 fully saturated rings. The van der Waals surface area contributed by atoms with Crippen LogP contribution in [-0.4, -0.2) is 44.3 Å². The molecule has 1 saturated carbocycles. The average Bonchev–Trinajstić information content (AvgIpc) is 3.09. The van der Waals surface area contributed by atoms with E-state index in [0.717, 1.165) is 12.5 Å². The van der Waals surface area contributed by atoms with Gasteiger partial charge in [0.2, 0.25) is 17.8 Å². The molecule has 8 nitrogen and oxygen atoms in total. The summed E-state index contributed by atoms with van der Waals surface area (Å²) in [5, 5.41) is 3.08. The van der Waals surface area contributed by atoms with Crippen LogP contribution in [0.1, 0.15) is 12.8 Å². The molecule has 0 bridgehead atoms. The first-order chi connectivity index (χ1) is 9.81. The second-order valence-corrected chi connectivity index (χ2v) is 4.73. The largest absolute Gasteiger partial charge is 0.379 e. The SMILES string of the molecule is Nc1nc(NCCOCC2CC2)nc(-n2ccnc2)n1. The number of imidazole rings is 1. The molecule has 8 heteroatoms. The first-order valence-corrected chi connectivity index (χ1v) is 6.63. The monoisotopic (exact) mass is 275 g/mol. The Bertz CT molecular complexity index is 553. The first kappa shape index (κ1) is 12.8. The molecule has 0 saturated heterocycles. The van der Waals surface area contributed by atoms with Crippen LogP contribution in [0.5, 0.6) is 0 Å². The summed E-state index contributed by atoms with van der Waals surface area (Å²) in [5.74, 6) is 1.83. The van der Waals surface area contributed by atoms with Gasteiger partial charge in [0.1, 0.15) is 6.33 Å². The summed E-state index contributed by atoms with van der Waals surface area (Å²) in [5.41, 5.74) is 5.68. The van der Waals surface area contributed by atoms with E-state index in [4.69, 9.17) is 10.5 Å². The Kier molecular flexibility index (Phi) is 3.73. The van der Waals surface area contributed by atoms with Crippen LogP contribution in [0.25, 0.3) is 5.95 Å². The minimum atomic E-state index is 0.171. The van der Waals surface area contributed by atoms with Crippen molar-refractivity contribution in [2.75, 3.05) is 30.8 Å². The second-order valence-electron chi connectivity index (χ2n) is 4.73. The van der Waals surface area contributed by atoms with E-state index in [1.807, 2.05) is 0 Å². The normalized spacial score (nSPS) is 14.4. The Morgan fingerprint density at radius 1 is 1.35 bits per heavy atom. The molecule has 0 aromatic carbocycles. The molecule has 0 atom stereocenters. The third kappa shape index (κ3) is 3.41. The van der Waals surface area contributed by atoms with Gasteiger partial charge in [-0.25, -0.2) is 4.98 Å². The van der Waals surface area contributed by atoms with Crippen molar-refractivity contribution in [3.05, 3.63) is 18.7 Å². The third-order valence-corrected chi connectivity index (χ3v) is 2.96. The van der Waals surface area contributed by atoms with Crippen molar-refractivity contribution in [1.29, 1.82) is 0 Å². The highest BCUT2D eigenvalue weighted by molar-refractivity contribution is 5.34. The average molecular weight is 275 g/mol. The minimum absolute atomic E-state index is 0.171. The number of anilines is 2. The second kappa shape index (κ2) is 5.83. The lowest BCUT2D eigenvalue weighted by molar-refractivity contribution is 0.133. The molecular formula is C12H17N7O. The van der Waals surface area contributed by atoms with Crippen molar-refractivity contribution < 1.29 is 4.74 Å². The summed E-state index contributed by atoms with van der Waals surface area (Å²) >= 11 is 0. The van der Waals surface area contributed by atoms with Gasteiger partial charge in [0.15, 0.2) is 0 Å². The Labute approximate surface area is 116 Å². The van der Waals surface area contributed by atoms with E-state index in [-0.39, 0.29) is 5.95 Å². The quantitative estimate of drug-likeness (QED) is 0.708. The number of nitrogens with zero attached hydrogens (tertiary/aromatic N) is 5. The smallest absolute Gasteiger partial charge is 0.241 e. The standard InChI is InChI=1S/C12H17N7O/c13-10-16-11(15-4-6-20-7-9-1-2-9)18-12(17-10)19-5-3-14-8-19/h3,5,8-9H,1-2,4,6-7H2,(H3,13,15,16,17,18). The van der Waals surface area contributed by atoms with E-state index >= 15 is 0 Å². The highest BCUT2D eigenvalue weighted by Crippen LogP contribution is 2.28. The summed E-state index contributed by atoms with van der Waals surface area (Å²) in [6.45, 7) is 2.11. The van der Waals surface area contributed by atoms with Gasteiger partial charge >= 0.3 is 0 Å². The Morgan fingerprint density at radius 3 is 3.00 bits per heavy atom. The van der Waals surface area contributed by atoms with Crippen LogP contribution in [0.15, 0.2) is 18.7 Å². The highest BCUT2D eigenvalue weighted by Gasteiger charge is 2.20. The fourth-order valence-electron chi connectivity index (χ4n) is 1.72. The van der Waals surface area contributed by atoms with E-state index < -0.39 is 0 Å². The molecule has 0 aliphatic heterocycles. The van der Waals surface area contributed by atoms with E-state index in [9.17, 15) is 0 Å². The van der Waals surface area contributed by atoms with Gasteiger partial charge < -0.3 is 15.8 Å². The van der Waals surface area contributed by atoms with Gasteiger partial charge in [-0.2, -0.15) is 15.0 Å². The van der Waals surface area contributed by atoms with Crippen molar-refractivity contribution in [3.63, 3.8) is 0 Å². The number of nitrogen functional groups attached to an aromatic ring is 1. The van der Waals surface area contributed by atoms with Crippen LogP contribution in [0.3, 0.4) is 0 Å². The zero-order chi connectivity index (χ0) is 13.8. The predicted octanol–water partition coefficient (Wildman–Crippen LogP) is 0.478. The minimum Gasteiger partial charge on any atom is -0.379 e. The van der Waals surface area contributed by atoms with Crippen molar-refractivity contribution in [2.45, 2.75) is 12.8 Å². The number of hydrogen-bond acceptors (Lipinski definition) is 7. The number of aromatic nitrogens is 5. The molecule has 2 aromatic rings. The summed E-state index contributed by atoms with van der Waals surface area (Å²) in [6.07, 6.45) is 7.60. The molecule has 1 aliphatic carbocycles. The molecule has 0 spiro atoms. The molecular weight excluding hydrogens is 258 g/mol.